The molecule has 130 valence electrons. The second kappa shape index (κ2) is 10.0. The zero-order valence-electron chi connectivity index (χ0n) is 14.8. The van der Waals surface area contributed by atoms with E-state index in [0.717, 1.165) is 42.5 Å². The molecule has 0 saturated carbocycles. The van der Waals surface area contributed by atoms with Crippen molar-refractivity contribution < 1.29 is 4.74 Å². The van der Waals surface area contributed by atoms with Gasteiger partial charge in [-0.15, -0.1) is 0 Å². The van der Waals surface area contributed by atoms with E-state index in [1.807, 2.05) is 18.2 Å². The molecule has 2 rings (SSSR count). The van der Waals surface area contributed by atoms with Crippen LogP contribution in [0.3, 0.4) is 0 Å². The largest absolute Gasteiger partial charge is 0.379 e. The molecular weight excluding hydrogens is 300 g/mol. The fraction of sp³-hybridized carbons (Fsp3) is 0.500. The SMILES string of the molecule is CCCCCOC(C)CCC/C=C/c1ccc2[nH]c(=O)cnc2c1. The highest BCUT2D eigenvalue weighted by molar-refractivity contribution is 5.76. The van der Waals surface area contributed by atoms with Crippen molar-refractivity contribution in [2.75, 3.05) is 6.61 Å². The van der Waals surface area contributed by atoms with E-state index in [4.69, 9.17) is 4.74 Å². The molecule has 1 aromatic carbocycles. The Bertz CT molecular complexity index is 706. The summed E-state index contributed by atoms with van der Waals surface area (Å²) in [5.41, 5.74) is 2.52. The molecule has 0 aliphatic rings. The number of aromatic amines is 1. The Labute approximate surface area is 144 Å². The van der Waals surface area contributed by atoms with Gasteiger partial charge in [0.1, 0.15) is 0 Å². The number of unbranched alkanes of at least 4 members (excludes halogenated alkanes) is 3. The fourth-order valence-electron chi connectivity index (χ4n) is 2.62. The Morgan fingerprint density at radius 3 is 3.00 bits per heavy atom. The maximum atomic E-state index is 11.2. The highest BCUT2D eigenvalue weighted by Crippen LogP contribution is 2.13. The summed E-state index contributed by atoms with van der Waals surface area (Å²) < 4.78 is 5.81. The minimum atomic E-state index is -0.170. The molecule has 24 heavy (non-hydrogen) atoms. The first-order chi connectivity index (χ1) is 11.7. The number of benzene rings is 1. The number of hydrogen-bond acceptors (Lipinski definition) is 3. The smallest absolute Gasteiger partial charge is 0.266 e. The lowest BCUT2D eigenvalue weighted by Crippen LogP contribution is -2.08. The minimum absolute atomic E-state index is 0.170. The summed E-state index contributed by atoms with van der Waals surface area (Å²) in [4.78, 5) is 18.2. The quantitative estimate of drug-likeness (QED) is 0.643. The average molecular weight is 328 g/mol. The minimum Gasteiger partial charge on any atom is -0.379 e. The predicted molar refractivity (Wildman–Crippen MR) is 100 cm³/mol. The maximum Gasteiger partial charge on any atom is 0.266 e. The molecule has 1 N–H and O–H groups in total. The van der Waals surface area contributed by atoms with Crippen molar-refractivity contribution in [3.05, 3.63) is 46.4 Å². The molecule has 0 fully saturated rings. The van der Waals surface area contributed by atoms with Crippen molar-refractivity contribution in [3.8, 4) is 0 Å². The molecule has 4 nitrogen and oxygen atoms in total. The van der Waals surface area contributed by atoms with Crippen LogP contribution in [0, 0.1) is 0 Å². The number of ether oxygens (including phenoxy) is 1. The highest BCUT2D eigenvalue weighted by atomic mass is 16.5. The van der Waals surface area contributed by atoms with Crippen molar-refractivity contribution >= 4 is 17.1 Å². The van der Waals surface area contributed by atoms with Crippen molar-refractivity contribution in [3.63, 3.8) is 0 Å². The van der Waals surface area contributed by atoms with Gasteiger partial charge in [0.05, 0.1) is 23.3 Å². The molecule has 0 saturated heterocycles. The van der Waals surface area contributed by atoms with Crippen molar-refractivity contribution in [1.82, 2.24) is 9.97 Å². The van der Waals surface area contributed by atoms with Gasteiger partial charge in [0.2, 0.25) is 0 Å². The number of rotatable bonds is 10. The Morgan fingerprint density at radius 1 is 1.29 bits per heavy atom. The first-order valence-electron chi connectivity index (χ1n) is 8.96. The summed E-state index contributed by atoms with van der Waals surface area (Å²) in [6, 6.07) is 5.88. The summed E-state index contributed by atoms with van der Waals surface area (Å²) in [5, 5.41) is 0. The van der Waals surface area contributed by atoms with Crippen LogP contribution in [0.2, 0.25) is 0 Å². The third-order valence-corrected chi connectivity index (χ3v) is 4.04. The maximum absolute atomic E-state index is 11.2. The van der Waals surface area contributed by atoms with Gasteiger partial charge in [-0.2, -0.15) is 0 Å². The van der Waals surface area contributed by atoms with E-state index in [-0.39, 0.29) is 5.56 Å². The Balaban J connectivity index is 1.72. The molecule has 0 radical (unpaired) electrons. The van der Waals surface area contributed by atoms with Crippen molar-refractivity contribution in [2.24, 2.45) is 0 Å². The molecule has 0 aliphatic heterocycles. The number of hydrogen-bond donors (Lipinski definition) is 1. The molecule has 0 bridgehead atoms. The van der Waals surface area contributed by atoms with E-state index in [2.05, 4.69) is 36.0 Å². The average Bonchev–Trinajstić information content (AvgIpc) is 2.58. The van der Waals surface area contributed by atoms with Gasteiger partial charge < -0.3 is 9.72 Å². The Morgan fingerprint density at radius 2 is 2.17 bits per heavy atom. The topological polar surface area (TPSA) is 55.0 Å². The van der Waals surface area contributed by atoms with Crippen LogP contribution in [0.15, 0.2) is 35.3 Å². The van der Waals surface area contributed by atoms with Crippen LogP contribution in [0.5, 0.6) is 0 Å². The standard InChI is InChI=1S/C20H28N2O2/c1-3-4-8-13-24-16(2)9-6-5-7-10-17-11-12-18-19(14-17)21-15-20(23)22-18/h7,10-12,14-16H,3-6,8-9,13H2,1-2H3,(H,22,23)/b10-7+. The molecular formula is C20H28N2O2. The first-order valence-corrected chi connectivity index (χ1v) is 8.96. The van der Waals surface area contributed by atoms with E-state index in [1.165, 1.54) is 25.5 Å². The Hall–Kier alpha value is -1.94. The number of nitrogens with zero attached hydrogens (tertiary/aromatic N) is 1. The zero-order chi connectivity index (χ0) is 17.2. The number of allylic oxidation sites excluding steroid dienone is 1. The van der Waals surface area contributed by atoms with Crippen molar-refractivity contribution in [2.45, 2.75) is 58.5 Å². The van der Waals surface area contributed by atoms with Crippen LogP contribution in [0.25, 0.3) is 17.1 Å². The summed E-state index contributed by atoms with van der Waals surface area (Å²) in [7, 11) is 0. The lowest BCUT2D eigenvalue weighted by Gasteiger charge is -2.11. The van der Waals surface area contributed by atoms with E-state index >= 15 is 0 Å². The van der Waals surface area contributed by atoms with Gasteiger partial charge in [-0.3, -0.25) is 4.79 Å². The predicted octanol–water partition coefficient (Wildman–Crippen LogP) is 4.70. The van der Waals surface area contributed by atoms with Crippen LogP contribution in [0.4, 0.5) is 0 Å². The second-order valence-electron chi connectivity index (χ2n) is 6.25. The summed E-state index contributed by atoms with van der Waals surface area (Å²) in [6.07, 6.45) is 12.9. The van der Waals surface area contributed by atoms with Gasteiger partial charge in [-0.25, -0.2) is 4.98 Å². The molecule has 1 unspecified atom stereocenters. The molecule has 0 spiro atoms. The summed E-state index contributed by atoms with van der Waals surface area (Å²) in [5.74, 6) is 0. The van der Waals surface area contributed by atoms with E-state index in [9.17, 15) is 4.79 Å². The molecule has 2 aromatic rings. The van der Waals surface area contributed by atoms with Gasteiger partial charge in [0, 0.05) is 6.61 Å². The van der Waals surface area contributed by atoms with Crippen LogP contribution in [0.1, 0.15) is 57.9 Å². The van der Waals surface area contributed by atoms with Gasteiger partial charge in [-0.05, 0) is 50.3 Å². The van der Waals surface area contributed by atoms with Gasteiger partial charge in [-0.1, -0.05) is 38.0 Å². The number of H-pyrrole nitrogens is 1. The highest BCUT2D eigenvalue weighted by Gasteiger charge is 2.01. The third-order valence-electron chi connectivity index (χ3n) is 4.04. The monoisotopic (exact) mass is 328 g/mol. The summed E-state index contributed by atoms with van der Waals surface area (Å²) in [6.45, 7) is 5.25. The van der Waals surface area contributed by atoms with Crippen molar-refractivity contribution in [1.29, 1.82) is 0 Å². The lowest BCUT2D eigenvalue weighted by atomic mass is 10.1. The zero-order valence-corrected chi connectivity index (χ0v) is 14.8. The van der Waals surface area contributed by atoms with Crippen LogP contribution in [-0.2, 0) is 4.74 Å². The molecule has 1 aromatic heterocycles. The number of fused-ring (bicyclic) bond motifs is 1. The van der Waals surface area contributed by atoms with Gasteiger partial charge in [0.15, 0.2) is 0 Å². The number of aromatic nitrogens is 2. The third kappa shape index (κ3) is 6.28. The molecule has 1 heterocycles. The molecule has 0 aliphatic carbocycles. The molecule has 0 amide bonds. The van der Waals surface area contributed by atoms with Crippen LogP contribution >= 0.6 is 0 Å². The van der Waals surface area contributed by atoms with E-state index in [1.54, 1.807) is 0 Å². The molecule has 1 atom stereocenters. The molecule has 4 heteroatoms. The first kappa shape index (κ1) is 18.4. The normalized spacial score (nSPS) is 12.9. The summed E-state index contributed by atoms with van der Waals surface area (Å²) >= 11 is 0. The lowest BCUT2D eigenvalue weighted by molar-refractivity contribution is 0.0566. The van der Waals surface area contributed by atoms with Gasteiger partial charge in [0.25, 0.3) is 5.56 Å². The van der Waals surface area contributed by atoms with Crippen LogP contribution in [-0.4, -0.2) is 22.7 Å². The fourth-order valence-corrected chi connectivity index (χ4v) is 2.62. The van der Waals surface area contributed by atoms with E-state index < -0.39 is 0 Å². The Kier molecular flexibility index (Phi) is 7.69. The number of nitrogens with one attached hydrogen (secondary N) is 1. The van der Waals surface area contributed by atoms with Crippen LogP contribution < -0.4 is 5.56 Å². The second-order valence-corrected chi connectivity index (χ2v) is 6.25. The van der Waals surface area contributed by atoms with Gasteiger partial charge >= 0.3 is 0 Å². The van der Waals surface area contributed by atoms with E-state index in [0.29, 0.717) is 6.10 Å².